The molecule has 0 saturated carbocycles. The quantitative estimate of drug-likeness (QED) is 0.594. The van der Waals surface area contributed by atoms with Crippen LogP contribution in [0.4, 0.5) is 18.9 Å². The first-order valence-corrected chi connectivity index (χ1v) is 10.7. The van der Waals surface area contributed by atoms with Crippen LogP contribution < -0.4 is 10.1 Å². The third-order valence-corrected chi connectivity index (χ3v) is 5.26. The zero-order valence-electron chi connectivity index (χ0n) is 19.3. The second-order valence-corrected chi connectivity index (χ2v) is 8.17. The van der Waals surface area contributed by atoms with E-state index in [4.69, 9.17) is 9.47 Å². The van der Waals surface area contributed by atoms with Gasteiger partial charge in [-0.05, 0) is 52.6 Å². The summed E-state index contributed by atoms with van der Waals surface area (Å²) < 4.78 is 53.3. The Kier molecular flexibility index (Phi) is 7.31. The maximum atomic E-state index is 14.0. The number of halogens is 3. The Balaban J connectivity index is 2.26. The van der Waals surface area contributed by atoms with Crippen LogP contribution in [0.5, 0.6) is 5.88 Å². The van der Waals surface area contributed by atoms with Crippen LogP contribution in [0.3, 0.4) is 0 Å². The summed E-state index contributed by atoms with van der Waals surface area (Å²) in [4.78, 5) is 19.2. The Morgan fingerprint density at radius 2 is 1.94 bits per heavy atom. The summed E-state index contributed by atoms with van der Waals surface area (Å²) >= 11 is 0. The molecule has 1 aromatic carbocycles. The predicted octanol–water partition coefficient (Wildman–Crippen LogP) is 4.82. The number of ether oxygens (including phenoxy) is 2. The first kappa shape index (κ1) is 24.6. The number of hydrogen-bond donors (Lipinski definition) is 1. The van der Waals surface area contributed by atoms with Crippen LogP contribution in [0.2, 0.25) is 0 Å². The van der Waals surface area contributed by atoms with Gasteiger partial charge in [0.2, 0.25) is 5.88 Å². The van der Waals surface area contributed by atoms with E-state index in [1.807, 2.05) is 25.9 Å². The van der Waals surface area contributed by atoms with E-state index < -0.39 is 23.6 Å². The molecule has 2 heterocycles. The van der Waals surface area contributed by atoms with Gasteiger partial charge in [0.15, 0.2) is 0 Å². The van der Waals surface area contributed by atoms with E-state index in [0.717, 1.165) is 6.07 Å². The van der Waals surface area contributed by atoms with Crippen molar-refractivity contribution in [2.75, 3.05) is 32.6 Å². The van der Waals surface area contributed by atoms with Gasteiger partial charge in [0.05, 0.1) is 23.7 Å². The molecule has 1 aromatic heterocycles. The van der Waals surface area contributed by atoms with Gasteiger partial charge in [-0.25, -0.2) is 9.78 Å². The molecule has 9 heteroatoms. The van der Waals surface area contributed by atoms with Gasteiger partial charge in [-0.2, -0.15) is 13.2 Å². The SMILES string of the molecule is CCOC(=O)C1=C(C)Nc2ccnc(OC(C)CN(C)C)c2C1c1ccccc1C(F)(F)F. The van der Waals surface area contributed by atoms with Gasteiger partial charge in [0, 0.05) is 29.7 Å². The number of benzene rings is 1. The molecular formula is C24H28F3N3O3. The smallest absolute Gasteiger partial charge is 0.416 e. The number of anilines is 1. The second-order valence-electron chi connectivity index (χ2n) is 8.17. The Bertz CT molecular complexity index is 1050. The van der Waals surface area contributed by atoms with Gasteiger partial charge >= 0.3 is 12.1 Å². The van der Waals surface area contributed by atoms with Crippen LogP contribution in [0, 0.1) is 0 Å². The van der Waals surface area contributed by atoms with Crippen LogP contribution in [-0.4, -0.2) is 49.2 Å². The number of pyridine rings is 1. The summed E-state index contributed by atoms with van der Waals surface area (Å²) in [6, 6.07) is 6.91. The van der Waals surface area contributed by atoms with E-state index >= 15 is 0 Å². The highest BCUT2D eigenvalue weighted by Gasteiger charge is 2.42. The number of likely N-dealkylation sites (N-methyl/N-ethyl adjacent to an activating group) is 1. The molecule has 6 nitrogen and oxygen atoms in total. The first-order valence-electron chi connectivity index (χ1n) is 10.7. The zero-order valence-corrected chi connectivity index (χ0v) is 19.3. The summed E-state index contributed by atoms with van der Waals surface area (Å²) in [5, 5.41) is 3.13. The van der Waals surface area contributed by atoms with Crippen molar-refractivity contribution in [1.29, 1.82) is 0 Å². The third-order valence-electron chi connectivity index (χ3n) is 5.26. The molecule has 0 spiro atoms. The fourth-order valence-corrected chi connectivity index (χ4v) is 4.11. The van der Waals surface area contributed by atoms with E-state index in [1.54, 1.807) is 19.9 Å². The number of nitrogens with zero attached hydrogens (tertiary/aromatic N) is 2. The topological polar surface area (TPSA) is 63.7 Å². The number of fused-ring (bicyclic) bond motifs is 1. The summed E-state index contributed by atoms with van der Waals surface area (Å²) in [7, 11) is 3.78. The summed E-state index contributed by atoms with van der Waals surface area (Å²) in [6.07, 6.45) is -3.38. The van der Waals surface area contributed by atoms with Crippen molar-refractivity contribution in [3.05, 3.63) is 64.5 Å². The number of allylic oxidation sites excluding steroid dienone is 1. The fraction of sp³-hybridized carbons (Fsp3) is 0.417. The number of esters is 1. The second kappa shape index (κ2) is 9.82. The Labute approximate surface area is 191 Å². The summed E-state index contributed by atoms with van der Waals surface area (Å²) in [5.41, 5.74) is 0.528. The van der Waals surface area contributed by atoms with Crippen molar-refractivity contribution < 1.29 is 27.4 Å². The maximum Gasteiger partial charge on any atom is 0.416 e. The fourth-order valence-electron chi connectivity index (χ4n) is 4.11. The first-order chi connectivity index (χ1) is 15.5. The van der Waals surface area contributed by atoms with Crippen LogP contribution in [0.1, 0.15) is 43.4 Å². The molecule has 1 N–H and O–H groups in total. The van der Waals surface area contributed by atoms with E-state index in [1.165, 1.54) is 24.4 Å². The number of rotatable bonds is 7. The number of carbonyl (C=O) groups is 1. The van der Waals surface area contributed by atoms with Crippen molar-refractivity contribution in [3.63, 3.8) is 0 Å². The van der Waals surface area contributed by atoms with Crippen molar-refractivity contribution in [1.82, 2.24) is 9.88 Å². The minimum atomic E-state index is -4.61. The van der Waals surface area contributed by atoms with Crippen molar-refractivity contribution >= 4 is 11.7 Å². The van der Waals surface area contributed by atoms with Gasteiger partial charge in [-0.3, -0.25) is 0 Å². The zero-order chi connectivity index (χ0) is 24.3. The lowest BCUT2D eigenvalue weighted by atomic mass is 9.79. The number of nitrogens with one attached hydrogen (secondary N) is 1. The molecule has 33 heavy (non-hydrogen) atoms. The van der Waals surface area contributed by atoms with Gasteiger partial charge in [-0.1, -0.05) is 18.2 Å². The van der Waals surface area contributed by atoms with E-state index in [2.05, 4.69) is 10.3 Å². The monoisotopic (exact) mass is 463 g/mol. The van der Waals surface area contributed by atoms with Crippen molar-refractivity contribution in [3.8, 4) is 5.88 Å². The third kappa shape index (κ3) is 5.30. The molecule has 0 fully saturated rings. The highest BCUT2D eigenvalue weighted by Crippen LogP contribution is 2.48. The number of hydrogen-bond acceptors (Lipinski definition) is 6. The lowest BCUT2D eigenvalue weighted by Gasteiger charge is -2.33. The Morgan fingerprint density at radius 3 is 2.58 bits per heavy atom. The molecular weight excluding hydrogens is 435 g/mol. The minimum absolute atomic E-state index is 0.0618. The number of aromatic nitrogens is 1. The molecule has 2 aromatic rings. The maximum absolute atomic E-state index is 14.0. The molecule has 2 atom stereocenters. The molecule has 1 aliphatic rings. The highest BCUT2D eigenvalue weighted by atomic mass is 19.4. The van der Waals surface area contributed by atoms with Crippen LogP contribution in [0.25, 0.3) is 0 Å². The Hall–Kier alpha value is -3.07. The normalized spacial score (nSPS) is 16.8. The van der Waals surface area contributed by atoms with Gasteiger partial charge in [0.25, 0.3) is 0 Å². The minimum Gasteiger partial charge on any atom is -0.473 e. The van der Waals surface area contributed by atoms with Crippen molar-refractivity contribution in [2.24, 2.45) is 0 Å². The lowest BCUT2D eigenvalue weighted by molar-refractivity contribution is -0.140. The van der Waals surface area contributed by atoms with E-state index in [0.29, 0.717) is 23.5 Å². The lowest BCUT2D eigenvalue weighted by Crippen LogP contribution is -2.30. The molecule has 0 aliphatic carbocycles. The van der Waals surface area contributed by atoms with Crippen LogP contribution in [-0.2, 0) is 15.7 Å². The highest BCUT2D eigenvalue weighted by molar-refractivity contribution is 5.95. The average Bonchev–Trinajstić information content (AvgIpc) is 2.71. The predicted molar refractivity (Wildman–Crippen MR) is 119 cm³/mol. The number of carbonyl (C=O) groups excluding carboxylic acids is 1. The molecule has 0 bridgehead atoms. The summed E-state index contributed by atoms with van der Waals surface area (Å²) in [6.45, 7) is 5.81. The van der Waals surface area contributed by atoms with Crippen LogP contribution >= 0.6 is 0 Å². The molecule has 0 saturated heterocycles. The van der Waals surface area contributed by atoms with Gasteiger partial charge in [-0.15, -0.1) is 0 Å². The molecule has 3 rings (SSSR count). The molecule has 0 amide bonds. The van der Waals surface area contributed by atoms with Crippen LogP contribution in [0.15, 0.2) is 47.8 Å². The summed E-state index contributed by atoms with van der Waals surface area (Å²) in [5.74, 6) is -1.59. The molecule has 2 unspecified atom stereocenters. The molecule has 0 radical (unpaired) electrons. The standard InChI is InChI=1S/C24H28F3N3O3/c1-6-32-23(31)19-15(3)29-18-11-12-28-22(33-14(2)13-30(4)5)21(18)20(19)16-9-7-8-10-17(16)24(25,26)27/h7-12,14,20,29H,6,13H2,1-5H3. The van der Waals surface area contributed by atoms with E-state index in [-0.39, 0.29) is 29.7 Å². The molecule has 1 aliphatic heterocycles. The van der Waals surface area contributed by atoms with Gasteiger partial charge < -0.3 is 19.7 Å². The average molecular weight is 464 g/mol. The van der Waals surface area contributed by atoms with Crippen molar-refractivity contribution in [2.45, 2.75) is 39.0 Å². The van der Waals surface area contributed by atoms with E-state index in [9.17, 15) is 18.0 Å². The Morgan fingerprint density at radius 1 is 1.24 bits per heavy atom. The largest absolute Gasteiger partial charge is 0.473 e. The number of alkyl halides is 3. The van der Waals surface area contributed by atoms with Gasteiger partial charge in [0.1, 0.15) is 6.10 Å². The molecule has 178 valence electrons.